The first kappa shape index (κ1) is 9.58. The molecule has 0 unspecified atom stereocenters. The molecule has 0 spiro atoms. The monoisotopic (exact) mass is 205 g/mol. The van der Waals surface area contributed by atoms with Crippen LogP contribution in [0.1, 0.15) is 0 Å². The Kier molecular flexibility index (Phi) is 2.11. The maximum atomic E-state index is 11.4. The smallest absolute Gasteiger partial charge is 0.253 e. The van der Waals surface area contributed by atoms with E-state index in [1.165, 1.54) is 17.7 Å². The van der Waals surface area contributed by atoms with E-state index in [9.17, 15) is 9.90 Å². The molecule has 1 heterocycles. The van der Waals surface area contributed by atoms with Crippen molar-refractivity contribution in [2.24, 2.45) is 7.05 Å². The van der Waals surface area contributed by atoms with Crippen molar-refractivity contribution in [2.45, 2.75) is 0 Å². The fraction of sp³-hybridized carbons (Fsp3) is 0.182. The van der Waals surface area contributed by atoms with Crippen LogP contribution in [0.25, 0.3) is 10.8 Å². The zero-order valence-corrected chi connectivity index (χ0v) is 8.52. The average Bonchev–Trinajstić information content (AvgIpc) is 2.25. The highest BCUT2D eigenvalue weighted by Gasteiger charge is 2.06. The summed E-state index contributed by atoms with van der Waals surface area (Å²) in [4.78, 5) is 11.4. The lowest BCUT2D eigenvalue weighted by Crippen LogP contribution is -2.14. The van der Waals surface area contributed by atoms with Crippen molar-refractivity contribution >= 4 is 10.8 Å². The Morgan fingerprint density at radius 1 is 1.33 bits per heavy atom. The molecule has 1 aromatic carbocycles. The van der Waals surface area contributed by atoms with Crippen LogP contribution in [0.2, 0.25) is 0 Å². The molecule has 0 saturated carbocycles. The highest BCUT2D eigenvalue weighted by atomic mass is 16.5. The standard InChI is InChI=1S/C11H11NO3/c1-12-10(13)6-7-5-8(15-2)3-4-9(7)11(12)14/h3-6,14H,1-2H3. The van der Waals surface area contributed by atoms with E-state index in [0.29, 0.717) is 16.5 Å². The summed E-state index contributed by atoms with van der Waals surface area (Å²) in [6.07, 6.45) is 0. The topological polar surface area (TPSA) is 51.5 Å². The van der Waals surface area contributed by atoms with Gasteiger partial charge >= 0.3 is 0 Å². The molecule has 0 fully saturated rings. The maximum Gasteiger partial charge on any atom is 0.253 e. The van der Waals surface area contributed by atoms with Crippen molar-refractivity contribution in [1.82, 2.24) is 4.57 Å². The van der Waals surface area contributed by atoms with Crippen LogP contribution in [-0.4, -0.2) is 16.8 Å². The molecule has 15 heavy (non-hydrogen) atoms. The zero-order valence-electron chi connectivity index (χ0n) is 8.52. The van der Waals surface area contributed by atoms with Gasteiger partial charge in [0.15, 0.2) is 0 Å². The van der Waals surface area contributed by atoms with Gasteiger partial charge in [0.2, 0.25) is 5.88 Å². The second kappa shape index (κ2) is 3.31. The summed E-state index contributed by atoms with van der Waals surface area (Å²) < 4.78 is 6.24. The normalized spacial score (nSPS) is 10.5. The van der Waals surface area contributed by atoms with E-state index in [1.54, 1.807) is 25.3 Å². The minimum absolute atomic E-state index is 0.0276. The molecule has 0 saturated heterocycles. The third-order valence-electron chi connectivity index (χ3n) is 2.43. The first-order valence-corrected chi connectivity index (χ1v) is 4.50. The van der Waals surface area contributed by atoms with Gasteiger partial charge in [-0.2, -0.15) is 0 Å². The van der Waals surface area contributed by atoms with E-state index >= 15 is 0 Å². The van der Waals surface area contributed by atoms with Gasteiger partial charge in [-0.1, -0.05) is 0 Å². The second-order valence-corrected chi connectivity index (χ2v) is 3.32. The predicted molar refractivity (Wildman–Crippen MR) is 57.4 cm³/mol. The van der Waals surface area contributed by atoms with Crippen molar-refractivity contribution < 1.29 is 9.84 Å². The van der Waals surface area contributed by atoms with Crippen LogP contribution in [0.15, 0.2) is 29.1 Å². The molecule has 78 valence electrons. The quantitative estimate of drug-likeness (QED) is 0.762. The van der Waals surface area contributed by atoms with Gasteiger partial charge in [-0.15, -0.1) is 0 Å². The SMILES string of the molecule is COc1ccc2c(O)n(C)c(=O)cc2c1. The lowest BCUT2D eigenvalue weighted by Gasteiger charge is -2.07. The zero-order chi connectivity index (χ0) is 11.0. The Balaban J connectivity index is 2.86. The Hall–Kier alpha value is -1.97. The third kappa shape index (κ3) is 1.44. The van der Waals surface area contributed by atoms with E-state index in [2.05, 4.69) is 0 Å². The Labute approximate surface area is 86.3 Å². The maximum absolute atomic E-state index is 11.4. The van der Waals surface area contributed by atoms with Crippen LogP contribution in [-0.2, 0) is 7.05 Å². The van der Waals surface area contributed by atoms with Gasteiger partial charge < -0.3 is 9.84 Å². The van der Waals surface area contributed by atoms with Crippen LogP contribution in [0.4, 0.5) is 0 Å². The van der Waals surface area contributed by atoms with Gasteiger partial charge in [-0.25, -0.2) is 0 Å². The molecular weight excluding hydrogens is 194 g/mol. The highest BCUT2D eigenvalue weighted by molar-refractivity contribution is 5.87. The number of ether oxygens (including phenoxy) is 1. The largest absolute Gasteiger partial charge is 0.497 e. The van der Waals surface area contributed by atoms with Crippen molar-refractivity contribution in [3.05, 3.63) is 34.6 Å². The van der Waals surface area contributed by atoms with Gasteiger partial charge in [-0.05, 0) is 23.6 Å². The van der Waals surface area contributed by atoms with Crippen LogP contribution < -0.4 is 10.3 Å². The van der Waals surface area contributed by atoms with E-state index < -0.39 is 0 Å². The van der Waals surface area contributed by atoms with Gasteiger partial charge in [0.05, 0.1) is 7.11 Å². The minimum atomic E-state index is -0.242. The fourth-order valence-corrected chi connectivity index (χ4v) is 1.51. The summed E-state index contributed by atoms with van der Waals surface area (Å²) in [6.45, 7) is 0. The van der Waals surface area contributed by atoms with Crippen LogP contribution in [0.5, 0.6) is 11.6 Å². The summed E-state index contributed by atoms with van der Waals surface area (Å²) in [6, 6.07) is 6.66. The molecule has 0 aliphatic rings. The number of nitrogens with zero attached hydrogens (tertiary/aromatic N) is 1. The fourth-order valence-electron chi connectivity index (χ4n) is 1.51. The van der Waals surface area contributed by atoms with Gasteiger partial charge in [0.1, 0.15) is 5.75 Å². The molecule has 2 aromatic rings. The van der Waals surface area contributed by atoms with Crippen LogP contribution in [0.3, 0.4) is 0 Å². The van der Waals surface area contributed by atoms with Gasteiger partial charge in [0, 0.05) is 18.5 Å². The molecule has 0 aliphatic heterocycles. The summed E-state index contributed by atoms with van der Waals surface area (Å²) >= 11 is 0. The first-order chi connectivity index (χ1) is 7.13. The lowest BCUT2D eigenvalue weighted by atomic mass is 10.1. The van der Waals surface area contributed by atoms with Crippen molar-refractivity contribution in [3.8, 4) is 11.6 Å². The van der Waals surface area contributed by atoms with Gasteiger partial charge in [0.25, 0.3) is 5.56 Å². The van der Waals surface area contributed by atoms with E-state index in [4.69, 9.17) is 4.74 Å². The number of rotatable bonds is 1. The molecule has 0 bridgehead atoms. The minimum Gasteiger partial charge on any atom is -0.497 e. The lowest BCUT2D eigenvalue weighted by molar-refractivity contribution is 0.415. The van der Waals surface area contributed by atoms with E-state index in [1.807, 2.05) is 0 Å². The molecule has 0 amide bonds. The number of pyridine rings is 1. The van der Waals surface area contributed by atoms with Crippen LogP contribution in [0, 0.1) is 0 Å². The number of hydrogen-bond acceptors (Lipinski definition) is 3. The summed E-state index contributed by atoms with van der Waals surface area (Å²) in [5.41, 5.74) is -0.242. The Morgan fingerprint density at radius 3 is 2.73 bits per heavy atom. The summed E-state index contributed by atoms with van der Waals surface area (Å²) in [5, 5.41) is 11.0. The van der Waals surface area contributed by atoms with Gasteiger partial charge in [-0.3, -0.25) is 9.36 Å². The van der Waals surface area contributed by atoms with Crippen molar-refractivity contribution in [1.29, 1.82) is 0 Å². The Morgan fingerprint density at radius 2 is 2.07 bits per heavy atom. The molecule has 4 heteroatoms. The third-order valence-corrected chi connectivity index (χ3v) is 2.43. The molecule has 1 N–H and O–H groups in total. The second-order valence-electron chi connectivity index (χ2n) is 3.32. The predicted octanol–water partition coefficient (Wildman–Crippen LogP) is 1.25. The summed E-state index contributed by atoms with van der Waals surface area (Å²) in [7, 11) is 3.09. The number of benzene rings is 1. The van der Waals surface area contributed by atoms with E-state index in [-0.39, 0.29) is 11.4 Å². The molecule has 2 rings (SSSR count). The number of hydrogen-bond donors (Lipinski definition) is 1. The molecule has 0 atom stereocenters. The number of aromatic nitrogens is 1. The first-order valence-electron chi connectivity index (χ1n) is 4.50. The number of fused-ring (bicyclic) bond motifs is 1. The van der Waals surface area contributed by atoms with E-state index in [0.717, 1.165) is 0 Å². The van der Waals surface area contributed by atoms with Crippen molar-refractivity contribution in [3.63, 3.8) is 0 Å². The summed E-state index contributed by atoms with van der Waals surface area (Å²) in [5.74, 6) is 0.635. The molecule has 4 nitrogen and oxygen atoms in total. The van der Waals surface area contributed by atoms with Crippen LogP contribution >= 0.6 is 0 Å². The Bertz CT molecular complexity index is 572. The number of methoxy groups -OCH3 is 1. The molecule has 0 radical (unpaired) electrons. The average molecular weight is 205 g/mol. The molecule has 0 aliphatic carbocycles. The number of aromatic hydroxyl groups is 1. The molecule has 1 aromatic heterocycles. The highest BCUT2D eigenvalue weighted by Crippen LogP contribution is 2.25. The van der Waals surface area contributed by atoms with Crippen molar-refractivity contribution in [2.75, 3.05) is 7.11 Å². The molecular formula is C11H11NO3.